The van der Waals surface area contributed by atoms with Crippen molar-refractivity contribution in [1.29, 1.82) is 0 Å². The van der Waals surface area contributed by atoms with Crippen LogP contribution in [0.1, 0.15) is 18.4 Å². The molecule has 0 atom stereocenters. The number of sulfone groups is 1. The third kappa shape index (κ3) is 1.92. The average Bonchev–Trinajstić information content (AvgIpc) is 2.99. The van der Waals surface area contributed by atoms with Crippen molar-refractivity contribution >= 4 is 15.9 Å². The number of rotatable bonds is 3. The second-order valence-corrected chi connectivity index (χ2v) is 6.05. The molecule has 0 bridgehead atoms. The molecule has 0 radical (unpaired) electrons. The number of isocyanates is 1. The highest BCUT2D eigenvalue weighted by Gasteiger charge is 2.44. The zero-order valence-corrected chi connectivity index (χ0v) is 9.62. The lowest BCUT2D eigenvalue weighted by Gasteiger charge is -2.08. The van der Waals surface area contributed by atoms with Crippen molar-refractivity contribution in [3.8, 4) is 0 Å². The number of aliphatic imine (C=N–C) groups is 1. The van der Waals surface area contributed by atoms with Gasteiger partial charge in [-0.1, -0.05) is 12.1 Å². The van der Waals surface area contributed by atoms with Gasteiger partial charge in [0, 0.05) is 6.26 Å². The molecule has 1 aliphatic rings. The van der Waals surface area contributed by atoms with E-state index >= 15 is 0 Å². The van der Waals surface area contributed by atoms with Crippen LogP contribution >= 0.6 is 0 Å². The van der Waals surface area contributed by atoms with Crippen LogP contribution in [-0.2, 0) is 20.2 Å². The number of hydrogen-bond acceptors (Lipinski definition) is 4. The van der Waals surface area contributed by atoms with Gasteiger partial charge < -0.3 is 0 Å². The lowest BCUT2D eigenvalue weighted by molar-refractivity contribution is 0.556. The normalized spacial score (nSPS) is 17.6. The molecule has 0 saturated heterocycles. The van der Waals surface area contributed by atoms with Crippen LogP contribution in [0.25, 0.3) is 0 Å². The van der Waals surface area contributed by atoms with Crippen molar-refractivity contribution in [3.63, 3.8) is 0 Å². The van der Waals surface area contributed by atoms with E-state index in [-0.39, 0.29) is 4.90 Å². The highest BCUT2D eigenvalue weighted by molar-refractivity contribution is 7.90. The monoisotopic (exact) mass is 237 g/mol. The molecule has 0 unspecified atom stereocenters. The highest BCUT2D eigenvalue weighted by Crippen LogP contribution is 2.49. The maximum absolute atomic E-state index is 11.2. The molecule has 1 saturated carbocycles. The third-order valence-electron chi connectivity index (χ3n) is 2.80. The van der Waals surface area contributed by atoms with Gasteiger partial charge in [0.1, 0.15) is 0 Å². The van der Waals surface area contributed by atoms with Gasteiger partial charge in [0.05, 0.1) is 10.4 Å². The van der Waals surface area contributed by atoms with Gasteiger partial charge in [0.2, 0.25) is 6.08 Å². The maximum Gasteiger partial charge on any atom is 0.235 e. The lowest BCUT2D eigenvalue weighted by atomic mass is 10.1. The van der Waals surface area contributed by atoms with E-state index in [1.807, 2.05) is 0 Å². The van der Waals surface area contributed by atoms with Gasteiger partial charge in [-0.15, -0.1) is 0 Å². The van der Waals surface area contributed by atoms with Crippen molar-refractivity contribution in [2.24, 2.45) is 4.99 Å². The first-order valence-electron chi connectivity index (χ1n) is 4.88. The molecule has 0 aromatic heterocycles. The predicted octanol–water partition coefficient (Wildman–Crippen LogP) is 1.42. The van der Waals surface area contributed by atoms with Crippen molar-refractivity contribution in [2.45, 2.75) is 23.3 Å². The molecular formula is C11H11NO3S. The fourth-order valence-electron chi connectivity index (χ4n) is 1.68. The van der Waals surface area contributed by atoms with Gasteiger partial charge in [-0.05, 0) is 30.5 Å². The van der Waals surface area contributed by atoms with Crippen LogP contribution in [0.3, 0.4) is 0 Å². The van der Waals surface area contributed by atoms with E-state index in [0.29, 0.717) is 0 Å². The Bertz CT molecular complexity index is 549. The van der Waals surface area contributed by atoms with Crippen molar-refractivity contribution in [1.82, 2.24) is 0 Å². The largest absolute Gasteiger partial charge is 0.235 e. The first kappa shape index (κ1) is 11.0. The topological polar surface area (TPSA) is 63.6 Å². The smallest absolute Gasteiger partial charge is 0.224 e. The molecular weight excluding hydrogens is 226 g/mol. The summed E-state index contributed by atoms with van der Waals surface area (Å²) in [6.07, 6.45) is 4.38. The van der Waals surface area contributed by atoms with E-state index in [2.05, 4.69) is 4.99 Å². The minimum atomic E-state index is -3.16. The van der Waals surface area contributed by atoms with E-state index in [9.17, 15) is 13.2 Å². The summed E-state index contributed by atoms with van der Waals surface area (Å²) in [6, 6.07) is 6.52. The van der Waals surface area contributed by atoms with Crippen molar-refractivity contribution in [2.75, 3.05) is 6.26 Å². The van der Waals surface area contributed by atoms with E-state index in [4.69, 9.17) is 0 Å². The Labute approximate surface area is 93.9 Å². The van der Waals surface area contributed by atoms with Gasteiger partial charge in [-0.25, -0.2) is 13.2 Å². The Morgan fingerprint density at radius 2 is 1.81 bits per heavy atom. The molecule has 5 heteroatoms. The molecule has 0 spiro atoms. The summed E-state index contributed by atoms with van der Waals surface area (Å²) in [5.41, 5.74) is 0.445. The number of benzene rings is 1. The van der Waals surface area contributed by atoms with Crippen LogP contribution in [-0.4, -0.2) is 20.8 Å². The van der Waals surface area contributed by atoms with Crippen LogP contribution in [0, 0.1) is 0 Å². The van der Waals surface area contributed by atoms with Crippen LogP contribution in [0.5, 0.6) is 0 Å². The van der Waals surface area contributed by atoms with Gasteiger partial charge in [-0.2, -0.15) is 4.99 Å². The Morgan fingerprint density at radius 1 is 1.25 bits per heavy atom. The Kier molecular flexibility index (Phi) is 2.45. The van der Waals surface area contributed by atoms with E-state index in [0.717, 1.165) is 18.4 Å². The molecule has 84 valence electrons. The Hall–Kier alpha value is -1.45. The first-order valence-corrected chi connectivity index (χ1v) is 6.77. The standard InChI is InChI=1S/C11H11NO3S/c1-16(14,15)10-4-2-9(3-5-10)11(6-7-11)12-8-13/h2-5H,6-7H2,1H3. The first-order chi connectivity index (χ1) is 7.48. The zero-order valence-electron chi connectivity index (χ0n) is 8.80. The Morgan fingerprint density at radius 3 is 2.19 bits per heavy atom. The second-order valence-electron chi connectivity index (χ2n) is 4.03. The third-order valence-corrected chi connectivity index (χ3v) is 3.93. The fraction of sp³-hybridized carbons (Fsp3) is 0.364. The van der Waals surface area contributed by atoms with Gasteiger partial charge in [0.25, 0.3) is 0 Å². The summed E-state index contributed by atoms with van der Waals surface area (Å²) >= 11 is 0. The summed E-state index contributed by atoms with van der Waals surface area (Å²) in [5.74, 6) is 0. The van der Waals surface area contributed by atoms with Crippen molar-refractivity contribution in [3.05, 3.63) is 29.8 Å². The fourth-order valence-corrected chi connectivity index (χ4v) is 2.31. The predicted molar refractivity (Wildman–Crippen MR) is 58.6 cm³/mol. The molecule has 1 fully saturated rings. The highest BCUT2D eigenvalue weighted by atomic mass is 32.2. The minimum absolute atomic E-state index is 0.280. The van der Waals surface area contributed by atoms with E-state index in [1.54, 1.807) is 30.3 Å². The van der Waals surface area contributed by atoms with E-state index in [1.165, 1.54) is 6.26 Å². The molecule has 1 aliphatic carbocycles. The van der Waals surface area contributed by atoms with E-state index < -0.39 is 15.4 Å². The van der Waals surface area contributed by atoms with Crippen LogP contribution < -0.4 is 0 Å². The molecule has 4 nitrogen and oxygen atoms in total. The summed E-state index contributed by atoms with van der Waals surface area (Å²) in [6.45, 7) is 0. The molecule has 0 heterocycles. The second kappa shape index (κ2) is 3.54. The quantitative estimate of drug-likeness (QED) is 0.590. The SMILES string of the molecule is CS(=O)(=O)c1ccc(C2(N=C=O)CC2)cc1. The summed E-state index contributed by atoms with van der Waals surface area (Å²) in [7, 11) is -3.16. The van der Waals surface area contributed by atoms with Crippen LogP contribution in [0.2, 0.25) is 0 Å². The summed E-state index contributed by atoms with van der Waals surface area (Å²) in [5, 5.41) is 0. The molecule has 0 N–H and O–H groups in total. The van der Waals surface area contributed by atoms with Gasteiger partial charge in [-0.3, -0.25) is 0 Å². The minimum Gasteiger partial charge on any atom is -0.224 e. The summed E-state index contributed by atoms with van der Waals surface area (Å²) < 4.78 is 22.5. The van der Waals surface area contributed by atoms with Gasteiger partial charge >= 0.3 is 0 Å². The van der Waals surface area contributed by atoms with Crippen LogP contribution in [0.15, 0.2) is 34.2 Å². The number of nitrogens with zero attached hydrogens (tertiary/aromatic N) is 1. The molecule has 1 aromatic carbocycles. The van der Waals surface area contributed by atoms with Crippen molar-refractivity contribution < 1.29 is 13.2 Å². The average molecular weight is 237 g/mol. The molecule has 16 heavy (non-hydrogen) atoms. The zero-order chi connectivity index (χ0) is 11.8. The molecule has 0 aliphatic heterocycles. The number of carbonyl (C=O) groups excluding carboxylic acids is 1. The lowest BCUT2D eigenvalue weighted by Crippen LogP contribution is -2.03. The summed E-state index contributed by atoms with van der Waals surface area (Å²) in [4.78, 5) is 14.3. The molecule has 1 aromatic rings. The maximum atomic E-state index is 11.2. The van der Waals surface area contributed by atoms with Crippen LogP contribution in [0.4, 0.5) is 0 Å². The number of hydrogen-bond donors (Lipinski definition) is 0. The molecule has 2 rings (SSSR count). The van der Waals surface area contributed by atoms with Gasteiger partial charge in [0.15, 0.2) is 9.84 Å². The Balaban J connectivity index is 2.37. The molecule has 0 amide bonds.